The SMILES string of the molecule is CCN(C(=O)[C@@H](C)OC(=O)c1ccc([N+](=O)[O-])o1)c1ccccc1. The van der Waals surface area contributed by atoms with Gasteiger partial charge in [-0.25, -0.2) is 4.79 Å². The van der Waals surface area contributed by atoms with Crippen molar-refractivity contribution >= 4 is 23.4 Å². The summed E-state index contributed by atoms with van der Waals surface area (Å²) in [5.41, 5.74) is 0.682. The Morgan fingerprint density at radius 1 is 1.25 bits per heavy atom. The van der Waals surface area contributed by atoms with Crippen LogP contribution in [0.5, 0.6) is 0 Å². The van der Waals surface area contributed by atoms with Crippen molar-refractivity contribution in [3.8, 4) is 0 Å². The molecule has 1 aromatic carbocycles. The van der Waals surface area contributed by atoms with Gasteiger partial charge in [-0.1, -0.05) is 18.2 Å². The lowest BCUT2D eigenvalue weighted by molar-refractivity contribution is -0.402. The molecule has 0 fully saturated rings. The van der Waals surface area contributed by atoms with Gasteiger partial charge in [0.05, 0.1) is 6.07 Å². The second-order valence-corrected chi connectivity index (χ2v) is 4.86. The number of esters is 1. The topological polar surface area (TPSA) is 103 Å². The number of carbonyl (C=O) groups excluding carboxylic acids is 2. The zero-order chi connectivity index (χ0) is 17.7. The third kappa shape index (κ3) is 3.78. The number of furan rings is 1. The molecule has 8 nitrogen and oxygen atoms in total. The summed E-state index contributed by atoms with van der Waals surface area (Å²) in [7, 11) is 0. The second kappa shape index (κ2) is 7.40. The predicted octanol–water partition coefficient (Wildman–Crippen LogP) is 2.79. The van der Waals surface area contributed by atoms with Gasteiger partial charge in [0, 0.05) is 12.2 Å². The molecule has 1 amide bonds. The molecule has 0 aliphatic heterocycles. The van der Waals surface area contributed by atoms with Crippen molar-refractivity contribution in [3.05, 3.63) is 58.3 Å². The van der Waals surface area contributed by atoms with Crippen LogP contribution in [-0.4, -0.2) is 29.4 Å². The van der Waals surface area contributed by atoms with Gasteiger partial charge in [-0.15, -0.1) is 0 Å². The van der Waals surface area contributed by atoms with E-state index in [1.807, 2.05) is 6.07 Å². The minimum atomic E-state index is -1.07. The average molecular weight is 332 g/mol. The number of ether oxygens (including phenoxy) is 1. The molecule has 126 valence electrons. The van der Waals surface area contributed by atoms with E-state index in [1.165, 1.54) is 11.8 Å². The molecule has 0 bridgehead atoms. The Balaban J connectivity index is 2.07. The van der Waals surface area contributed by atoms with E-state index in [0.717, 1.165) is 12.1 Å². The Hall–Kier alpha value is -3.16. The van der Waals surface area contributed by atoms with E-state index < -0.39 is 28.8 Å². The van der Waals surface area contributed by atoms with Gasteiger partial charge in [-0.05, 0) is 32.0 Å². The van der Waals surface area contributed by atoms with Crippen LogP contribution in [0.3, 0.4) is 0 Å². The maximum atomic E-state index is 12.5. The van der Waals surface area contributed by atoms with Gasteiger partial charge in [0.15, 0.2) is 6.10 Å². The second-order valence-electron chi connectivity index (χ2n) is 4.86. The molecule has 0 unspecified atom stereocenters. The van der Waals surface area contributed by atoms with E-state index in [1.54, 1.807) is 31.2 Å². The molecule has 2 aromatic rings. The van der Waals surface area contributed by atoms with Gasteiger partial charge in [0.25, 0.3) is 5.91 Å². The molecule has 0 spiro atoms. The smallest absolute Gasteiger partial charge is 0.433 e. The van der Waals surface area contributed by atoms with Crippen molar-refractivity contribution in [2.75, 3.05) is 11.4 Å². The fourth-order valence-electron chi connectivity index (χ4n) is 2.10. The Morgan fingerprint density at radius 2 is 1.92 bits per heavy atom. The van der Waals surface area contributed by atoms with E-state index >= 15 is 0 Å². The minimum Gasteiger partial charge on any atom is -0.447 e. The number of nitrogens with zero attached hydrogens (tertiary/aromatic N) is 2. The molecular formula is C16H16N2O6. The summed E-state index contributed by atoms with van der Waals surface area (Å²) in [5, 5.41) is 10.6. The lowest BCUT2D eigenvalue weighted by atomic mass is 10.2. The molecule has 24 heavy (non-hydrogen) atoms. The van der Waals surface area contributed by atoms with E-state index in [9.17, 15) is 19.7 Å². The van der Waals surface area contributed by atoms with Crippen molar-refractivity contribution in [1.29, 1.82) is 0 Å². The van der Waals surface area contributed by atoms with Crippen LogP contribution in [-0.2, 0) is 9.53 Å². The molecule has 1 heterocycles. The van der Waals surface area contributed by atoms with E-state index in [4.69, 9.17) is 9.15 Å². The van der Waals surface area contributed by atoms with Crippen molar-refractivity contribution < 1.29 is 23.7 Å². The third-order valence-corrected chi connectivity index (χ3v) is 3.25. The van der Waals surface area contributed by atoms with Crippen molar-refractivity contribution in [3.63, 3.8) is 0 Å². The van der Waals surface area contributed by atoms with Crippen molar-refractivity contribution in [2.45, 2.75) is 20.0 Å². The first-order chi connectivity index (χ1) is 11.4. The predicted molar refractivity (Wildman–Crippen MR) is 84.7 cm³/mol. The molecule has 0 radical (unpaired) electrons. The number of nitro groups is 1. The van der Waals surface area contributed by atoms with Crippen LogP contribution in [0, 0.1) is 10.1 Å². The summed E-state index contributed by atoms with van der Waals surface area (Å²) in [4.78, 5) is 35.7. The largest absolute Gasteiger partial charge is 0.447 e. The standard InChI is InChI=1S/C16H16N2O6/c1-3-17(12-7-5-4-6-8-12)15(19)11(2)23-16(20)13-9-10-14(24-13)18(21)22/h4-11H,3H2,1-2H3/t11-/m1/s1. The highest BCUT2D eigenvalue weighted by molar-refractivity contribution is 5.98. The number of benzene rings is 1. The van der Waals surface area contributed by atoms with E-state index in [-0.39, 0.29) is 5.76 Å². The van der Waals surface area contributed by atoms with Crippen LogP contribution in [0.1, 0.15) is 24.4 Å². The van der Waals surface area contributed by atoms with Gasteiger partial charge in [0.1, 0.15) is 4.92 Å². The molecule has 0 saturated carbocycles. The minimum absolute atomic E-state index is 0.330. The van der Waals surface area contributed by atoms with Crippen LogP contribution in [0.25, 0.3) is 0 Å². The third-order valence-electron chi connectivity index (χ3n) is 3.25. The van der Waals surface area contributed by atoms with E-state index in [0.29, 0.717) is 12.2 Å². The van der Waals surface area contributed by atoms with Gasteiger partial charge < -0.3 is 14.1 Å². The number of likely N-dealkylation sites (N-methyl/N-ethyl adjacent to an activating group) is 1. The number of para-hydroxylation sites is 1. The zero-order valence-corrected chi connectivity index (χ0v) is 13.2. The number of rotatable bonds is 6. The van der Waals surface area contributed by atoms with Crippen LogP contribution >= 0.6 is 0 Å². The molecule has 0 aliphatic rings. The fraction of sp³-hybridized carbons (Fsp3) is 0.250. The maximum absolute atomic E-state index is 12.5. The van der Waals surface area contributed by atoms with Crippen LogP contribution in [0.4, 0.5) is 11.6 Å². The maximum Gasteiger partial charge on any atom is 0.433 e. The first-order valence-corrected chi connectivity index (χ1v) is 7.25. The number of carbonyl (C=O) groups is 2. The highest BCUT2D eigenvalue weighted by Crippen LogP contribution is 2.18. The lowest BCUT2D eigenvalue weighted by Gasteiger charge is -2.24. The van der Waals surface area contributed by atoms with E-state index in [2.05, 4.69) is 0 Å². The molecule has 2 rings (SSSR count). The first-order valence-electron chi connectivity index (χ1n) is 7.25. The number of anilines is 1. The Labute approximate surface area is 137 Å². The molecular weight excluding hydrogens is 316 g/mol. The summed E-state index contributed by atoms with van der Waals surface area (Å²) in [6.07, 6.45) is -1.07. The van der Waals surface area contributed by atoms with Crippen molar-refractivity contribution in [2.24, 2.45) is 0 Å². The Kier molecular flexibility index (Phi) is 5.31. The van der Waals surface area contributed by atoms with Crippen molar-refractivity contribution in [1.82, 2.24) is 0 Å². The average Bonchev–Trinajstić information content (AvgIpc) is 3.06. The summed E-state index contributed by atoms with van der Waals surface area (Å²) in [5.74, 6) is -2.24. The highest BCUT2D eigenvalue weighted by Gasteiger charge is 2.26. The molecule has 1 atom stereocenters. The van der Waals surface area contributed by atoms with Gasteiger partial charge in [-0.2, -0.15) is 0 Å². The molecule has 8 heteroatoms. The number of amides is 1. The summed E-state index contributed by atoms with van der Waals surface area (Å²) >= 11 is 0. The van der Waals surface area contributed by atoms with Crippen LogP contribution < -0.4 is 4.90 Å². The fourth-order valence-corrected chi connectivity index (χ4v) is 2.10. The lowest BCUT2D eigenvalue weighted by Crippen LogP contribution is -2.40. The van der Waals surface area contributed by atoms with Crippen LogP contribution in [0.15, 0.2) is 46.9 Å². The number of hydrogen-bond acceptors (Lipinski definition) is 6. The summed E-state index contributed by atoms with van der Waals surface area (Å²) in [6, 6.07) is 11.1. The Bertz CT molecular complexity index is 740. The molecule has 0 saturated heterocycles. The zero-order valence-electron chi connectivity index (χ0n) is 13.2. The number of hydrogen-bond donors (Lipinski definition) is 0. The first kappa shape index (κ1) is 17.2. The molecule has 1 aromatic heterocycles. The summed E-state index contributed by atoms with van der Waals surface area (Å²) < 4.78 is 9.81. The quantitative estimate of drug-likeness (QED) is 0.458. The normalized spacial score (nSPS) is 11.6. The summed E-state index contributed by atoms with van der Waals surface area (Å²) in [6.45, 7) is 3.63. The monoisotopic (exact) mass is 332 g/mol. The van der Waals surface area contributed by atoms with Gasteiger partial charge in [0.2, 0.25) is 5.76 Å². The molecule has 0 aliphatic carbocycles. The van der Waals surface area contributed by atoms with Gasteiger partial charge >= 0.3 is 11.9 Å². The van der Waals surface area contributed by atoms with Gasteiger partial charge in [-0.3, -0.25) is 14.9 Å². The molecule has 0 N–H and O–H groups in total. The Morgan fingerprint density at radius 3 is 2.46 bits per heavy atom. The highest BCUT2D eigenvalue weighted by atomic mass is 16.7. The van der Waals surface area contributed by atoms with Crippen LogP contribution in [0.2, 0.25) is 0 Å².